The molecule has 1 atom stereocenters. The summed E-state index contributed by atoms with van der Waals surface area (Å²) in [7, 11) is 1.72. The molecule has 1 aromatic rings. The molecular weight excluding hydrogens is 406 g/mol. The smallest absolute Gasteiger partial charge is 0.225 e. The summed E-state index contributed by atoms with van der Waals surface area (Å²) in [6, 6.07) is 4.31. The largest absolute Gasteiger partial charge is 0.356 e. The van der Waals surface area contributed by atoms with Crippen LogP contribution < -0.4 is 10.6 Å². The lowest BCUT2D eigenvalue weighted by molar-refractivity contribution is -0.136. The predicted molar refractivity (Wildman–Crippen MR) is 119 cm³/mol. The molecule has 1 aliphatic heterocycles. The Morgan fingerprint density at radius 2 is 1.90 bits per heavy atom. The van der Waals surface area contributed by atoms with Gasteiger partial charge in [-0.3, -0.25) is 9.79 Å². The normalized spacial score (nSPS) is 23.7. The van der Waals surface area contributed by atoms with Gasteiger partial charge in [-0.25, -0.2) is 8.78 Å². The zero-order chi connectivity index (χ0) is 21.5. The van der Waals surface area contributed by atoms with Crippen molar-refractivity contribution >= 4 is 23.6 Å². The Hall–Kier alpha value is -1.83. The van der Waals surface area contributed by atoms with Crippen molar-refractivity contribution in [1.82, 2.24) is 15.5 Å². The molecule has 2 aliphatic rings. The number of rotatable bonds is 5. The number of hydrogen-bond donors (Lipinski definition) is 2. The molecular formula is C22H32F2N4OS. The van der Waals surface area contributed by atoms with Crippen LogP contribution in [-0.2, 0) is 4.79 Å². The van der Waals surface area contributed by atoms with Crippen LogP contribution >= 0.6 is 11.8 Å². The lowest BCUT2D eigenvalue weighted by Crippen LogP contribution is -2.47. The molecule has 0 spiro atoms. The van der Waals surface area contributed by atoms with Gasteiger partial charge in [0.2, 0.25) is 5.91 Å². The molecule has 1 unspecified atom stereocenters. The summed E-state index contributed by atoms with van der Waals surface area (Å²) in [4.78, 5) is 19.0. The third-order valence-electron chi connectivity index (χ3n) is 6.05. The first-order chi connectivity index (χ1) is 14.5. The highest BCUT2D eigenvalue weighted by Crippen LogP contribution is 2.27. The molecule has 3 rings (SSSR count). The van der Waals surface area contributed by atoms with E-state index in [1.165, 1.54) is 6.07 Å². The third-order valence-corrected chi connectivity index (χ3v) is 6.99. The Kier molecular flexibility index (Phi) is 8.36. The van der Waals surface area contributed by atoms with Crippen LogP contribution in [0.5, 0.6) is 0 Å². The summed E-state index contributed by atoms with van der Waals surface area (Å²) in [6.07, 6.45) is 3.70. The zero-order valence-corrected chi connectivity index (χ0v) is 18.6. The molecule has 2 fully saturated rings. The first kappa shape index (κ1) is 22.8. The van der Waals surface area contributed by atoms with Crippen molar-refractivity contribution < 1.29 is 13.6 Å². The Morgan fingerprint density at radius 1 is 1.20 bits per heavy atom. The molecule has 1 saturated heterocycles. The first-order valence-electron chi connectivity index (χ1n) is 10.8. The number of guanidine groups is 1. The number of aliphatic imine (C=N–C) groups is 1. The average Bonchev–Trinajstić information content (AvgIpc) is 2.78. The molecule has 1 aromatic carbocycles. The number of carbonyl (C=O) groups excluding carboxylic acids is 1. The number of amides is 1. The maximum atomic E-state index is 13.5. The molecule has 5 nitrogen and oxygen atoms in total. The fourth-order valence-electron chi connectivity index (χ4n) is 4.10. The van der Waals surface area contributed by atoms with E-state index in [9.17, 15) is 13.6 Å². The predicted octanol–water partition coefficient (Wildman–Crippen LogP) is 3.37. The van der Waals surface area contributed by atoms with Gasteiger partial charge in [0.1, 0.15) is 0 Å². The van der Waals surface area contributed by atoms with Gasteiger partial charge in [-0.2, -0.15) is 11.8 Å². The molecule has 166 valence electrons. The lowest BCUT2D eigenvalue weighted by atomic mass is 9.85. The van der Waals surface area contributed by atoms with Crippen LogP contribution in [0.4, 0.5) is 8.78 Å². The monoisotopic (exact) mass is 438 g/mol. The fourth-order valence-corrected chi connectivity index (χ4v) is 5.00. The van der Waals surface area contributed by atoms with Crippen LogP contribution in [-0.4, -0.2) is 61.0 Å². The van der Waals surface area contributed by atoms with Crippen LogP contribution in [0.2, 0.25) is 0 Å². The summed E-state index contributed by atoms with van der Waals surface area (Å²) in [5, 5.41) is 6.73. The van der Waals surface area contributed by atoms with E-state index in [1.807, 2.05) is 23.6 Å². The van der Waals surface area contributed by atoms with Crippen LogP contribution in [0, 0.1) is 17.6 Å². The van der Waals surface area contributed by atoms with Crippen molar-refractivity contribution in [3.8, 4) is 0 Å². The van der Waals surface area contributed by atoms with Crippen molar-refractivity contribution in [1.29, 1.82) is 0 Å². The fraction of sp³-hybridized carbons (Fsp3) is 0.636. The molecule has 1 heterocycles. The van der Waals surface area contributed by atoms with Crippen molar-refractivity contribution in [2.24, 2.45) is 10.9 Å². The van der Waals surface area contributed by atoms with Crippen molar-refractivity contribution in [3.05, 3.63) is 35.4 Å². The molecule has 8 heteroatoms. The van der Waals surface area contributed by atoms with Gasteiger partial charge in [-0.05, 0) is 49.3 Å². The van der Waals surface area contributed by atoms with E-state index < -0.39 is 11.6 Å². The van der Waals surface area contributed by atoms with Crippen molar-refractivity contribution in [2.45, 2.75) is 44.6 Å². The van der Waals surface area contributed by atoms with Gasteiger partial charge in [0, 0.05) is 50.1 Å². The van der Waals surface area contributed by atoms with E-state index in [-0.39, 0.29) is 17.9 Å². The highest BCUT2D eigenvalue weighted by atomic mass is 32.2. The van der Waals surface area contributed by atoms with Crippen LogP contribution in [0.3, 0.4) is 0 Å². The number of nitrogens with zero attached hydrogens (tertiary/aromatic N) is 2. The average molecular weight is 439 g/mol. The van der Waals surface area contributed by atoms with E-state index in [2.05, 4.69) is 15.6 Å². The number of carbonyl (C=O) groups is 1. The first-order valence-corrected chi connectivity index (χ1v) is 11.9. The minimum absolute atomic E-state index is 0.00899. The lowest BCUT2D eigenvalue weighted by Gasteiger charge is -2.34. The molecule has 2 N–H and O–H groups in total. The Morgan fingerprint density at radius 3 is 2.53 bits per heavy atom. The van der Waals surface area contributed by atoms with Gasteiger partial charge in [-0.1, -0.05) is 13.0 Å². The topological polar surface area (TPSA) is 56.7 Å². The van der Waals surface area contributed by atoms with Crippen LogP contribution in [0.25, 0.3) is 0 Å². The van der Waals surface area contributed by atoms with Crippen molar-refractivity contribution in [3.63, 3.8) is 0 Å². The number of hydrogen-bond acceptors (Lipinski definition) is 3. The maximum Gasteiger partial charge on any atom is 0.225 e. The number of thioether (sulfide) groups is 1. The van der Waals surface area contributed by atoms with E-state index in [1.54, 1.807) is 13.1 Å². The second kappa shape index (κ2) is 11.0. The van der Waals surface area contributed by atoms with Gasteiger partial charge < -0.3 is 15.5 Å². The van der Waals surface area contributed by atoms with Crippen molar-refractivity contribution in [2.75, 3.05) is 38.2 Å². The molecule has 1 saturated carbocycles. The van der Waals surface area contributed by atoms with Gasteiger partial charge in [0.15, 0.2) is 17.6 Å². The Labute approximate surface area is 182 Å². The quantitative estimate of drug-likeness (QED) is 0.547. The third kappa shape index (κ3) is 6.09. The SMILES string of the molecule is CN=C(NCC(C)c1ccc(F)c(F)c1)NC1CCC(C(=O)N2CCSCC2)CC1. The molecule has 30 heavy (non-hydrogen) atoms. The Bertz CT molecular complexity index is 747. The summed E-state index contributed by atoms with van der Waals surface area (Å²) < 4.78 is 26.6. The minimum Gasteiger partial charge on any atom is -0.356 e. The van der Waals surface area contributed by atoms with Gasteiger partial charge in [-0.15, -0.1) is 0 Å². The maximum absolute atomic E-state index is 13.5. The van der Waals surface area contributed by atoms with E-state index in [4.69, 9.17) is 0 Å². The van der Waals surface area contributed by atoms with Crippen LogP contribution in [0.15, 0.2) is 23.2 Å². The van der Waals surface area contributed by atoms with E-state index in [0.717, 1.165) is 61.9 Å². The summed E-state index contributed by atoms with van der Waals surface area (Å²) >= 11 is 1.92. The van der Waals surface area contributed by atoms with Gasteiger partial charge in [0.25, 0.3) is 0 Å². The summed E-state index contributed by atoms with van der Waals surface area (Å²) in [5.74, 6) is 1.63. The van der Waals surface area contributed by atoms with E-state index >= 15 is 0 Å². The Balaban J connectivity index is 1.43. The second-order valence-electron chi connectivity index (χ2n) is 8.16. The molecule has 0 aromatic heterocycles. The van der Waals surface area contributed by atoms with E-state index in [0.29, 0.717) is 18.4 Å². The molecule has 0 bridgehead atoms. The molecule has 0 radical (unpaired) electrons. The zero-order valence-electron chi connectivity index (χ0n) is 17.8. The molecule has 1 amide bonds. The summed E-state index contributed by atoms with van der Waals surface area (Å²) in [6.45, 7) is 4.29. The summed E-state index contributed by atoms with van der Waals surface area (Å²) in [5.41, 5.74) is 0.743. The van der Waals surface area contributed by atoms with Gasteiger partial charge >= 0.3 is 0 Å². The highest BCUT2D eigenvalue weighted by Gasteiger charge is 2.30. The van der Waals surface area contributed by atoms with Gasteiger partial charge in [0.05, 0.1) is 0 Å². The highest BCUT2D eigenvalue weighted by molar-refractivity contribution is 7.99. The number of benzene rings is 1. The minimum atomic E-state index is -0.829. The van der Waals surface area contributed by atoms with Crippen LogP contribution in [0.1, 0.15) is 44.1 Å². The number of nitrogens with one attached hydrogen (secondary N) is 2. The number of halogens is 2. The molecule has 1 aliphatic carbocycles. The standard InChI is InChI=1S/C22H32F2N4OS/c1-15(17-5-8-19(23)20(24)13-17)14-26-22(25-2)27-18-6-3-16(4-7-18)21(29)28-9-11-30-12-10-28/h5,8,13,15-16,18H,3-4,6-7,9-12,14H2,1-2H3,(H2,25,26,27). The second-order valence-corrected chi connectivity index (χ2v) is 9.38.